The Kier molecular flexibility index (Phi) is 0.696. The van der Waals surface area contributed by atoms with E-state index in [1.165, 1.54) is 0 Å². The number of carbonyl (C=O) groups excluding carboxylic acids is 1. The number of halogens is 1. The maximum Gasteiger partial charge on any atom is 0.338 e. The molecule has 0 aromatic heterocycles. The Morgan fingerprint density at radius 2 is 2.55 bits per heavy atom. The lowest BCUT2D eigenvalue weighted by Gasteiger charge is -1.92. The SMILES string of the molecule is [2H]c1c([2H])c2c(c([2H])c1Br)C([2H])([2H])OC2=O. The smallest absolute Gasteiger partial charge is 0.338 e. The van der Waals surface area contributed by atoms with Gasteiger partial charge in [0.25, 0.3) is 0 Å². The number of carbonyl (C=O) groups is 1. The zero-order valence-electron chi connectivity index (χ0n) is 10.2. The number of fused-ring (bicyclic) bond motifs is 1. The van der Waals surface area contributed by atoms with Gasteiger partial charge in [0.05, 0.1) is 12.4 Å². The summed E-state index contributed by atoms with van der Waals surface area (Å²) >= 11 is 2.93. The van der Waals surface area contributed by atoms with Gasteiger partial charge in [-0.1, -0.05) is 15.9 Å². The average Bonchev–Trinajstić information content (AvgIpc) is 2.42. The molecule has 0 unspecified atom stereocenters. The van der Waals surface area contributed by atoms with E-state index in [2.05, 4.69) is 20.7 Å². The van der Waals surface area contributed by atoms with Gasteiger partial charge in [0, 0.05) is 10.0 Å². The van der Waals surface area contributed by atoms with E-state index >= 15 is 0 Å². The van der Waals surface area contributed by atoms with Crippen molar-refractivity contribution < 1.29 is 16.4 Å². The highest BCUT2D eigenvalue weighted by molar-refractivity contribution is 9.10. The van der Waals surface area contributed by atoms with Gasteiger partial charge in [-0.2, -0.15) is 0 Å². The van der Waals surface area contributed by atoms with Gasteiger partial charge in [0.2, 0.25) is 0 Å². The second-order valence-corrected chi connectivity index (χ2v) is 2.72. The van der Waals surface area contributed by atoms with Crippen LogP contribution in [0.1, 0.15) is 22.8 Å². The van der Waals surface area contributed by atoms with Gasteiger partial charge >= 0.3 is 5.97 Å². The predicted octanol–water partition coefficient (Wildman–Crippen LogP) is 2.12. The van der Waals surface area contributed by atoms with Crippen LogP contribution in [0.3, 0.4) is 0 Å². The molecule has 0 saturated heterocycles. The van der Waals surface area contributed by atoms with Gasteiger partial charge < -0.3 is 4.74 Å². The van der Waals surface area contributed by atoms with Gasteiger partial charge in [-0.25, -0.2) is 4.79 Å². The number of esters is 1. The monoisotopic (exact) mass is 217 g/mol. The van der Waals surface area contributed by atoms with Crippen LogP contribution in [-0.2, 0) is 11.3 Å². The molecule has 0 N–H and O–H groups in total. The summed E-state index contributed by atoms with van der Waals surface area (Å²) in [6, 6.07) is -1.07. The number of hydrogen-bond donors (Lipinski definition) is 0. The van der Waals surface area contributed by atoms with Crippen LogP contribution in [-0.4, -0.2) is 5.97 Å². The largest absolute Gasteiger partial charge is 0.457 e. The first-order valence-corrected chi connectivity index (χ1v) is 3.59. The van der Waals surface area contributed by atoms with Crippen molar-refractivity contribution in [3.8, 4) is 0 Å². The van der Waals surface area contributed by atoms with Gasteiger partial charge in [-0.05, 0) is 18.1 Å². The van der Waals surface area contributed by atoms with Crippen LogP contribution in [0.4, 0.5) is 0 Å². The molecule has 1 aromatic rings. The van der Waals surface area contributed by atoms with E-state index in [0.29, 0.717) is 0 Å². The van der Waals surface area contributed by atoms with Crippen molar-refractivity contribution in [1.82, 2.24) is 0 Å². The molecule has 0 bridgehead atoms. The standard InChI is InChI=1S/C8H5BrO2/c9-6-1-2-7-5(3-6)4-11-8(7)10/h1-3H,4H2/i1D,2D,3D,4D2. The Morgan fingerprint density at radius 1 is 1.73 bits per heavy atom. The molecular weight excluding hydrogens is 208 g/mol. The van der Waals surface area contributed by atoms with Crippen LogP contribution in [0.25, 0.3) is 0 Å². The van der Waals surface area contributed by atoms with Crippen molar-refractivity contribution in [3.63, 3.8) is 0 Å². The normalized spacial score (nSPS) is 25.5. The molecule has 2 nitrogen and oxygen atoms in total. The van der Waals surface area contributed by atoms with Crippen LogP contribution in [0.5, 0.6) is 0 Å². The Bertz CT molecular complexity index is 514. The maximum atomic E-state index is 11.4. The lowest BCUT2D eigenvalue weighted by Crippen LogP contribution is -1.92. The van der Waals surface area contributed by atoms with Crippen molar-refractivity contribution in [2.75, 3.05) is 0 Å². The second kappa shape index (κ2) is 2.34. The second-order valence-electron chi connectivity index (χ2n) is 1.93. The van der Waals surface area contributed by atoms with E-state index in [0.717, 1.165) is 0 Å². The third-order valence-corrected chi connectivity index (χ3v) is 1.63. The number of benzene rings is 1. The van der Waals surface area contributed by atoms with E-state index in [9.17, 15) is 4.79 Å². The molecule has 0 amide bonds. The van der Waals surface area contributed by atoms with Crippen LogP contribution < -0.4 is 0 Å². The van der Waals surface area contributed by atoms with Crippen LogP contribution in [0, 0.1) is 0 Å². The van der Waals surface area contributed by atoms with Crippen LogP contribution >= 0.6 is 15.9 Å². The molecule has 1 aromatic carbocycles. The minimum atomic E-state index is -2.41. The van der Waals surface area contributed by atoms with Crippen molar-refractivity contribution >= 4 is 21.9 Å². The topological polar surface area (TPSA) is 26.3 Å². The quantitative estimate of drug-likeness (QED) is 0.623. The Morgan fingerprint density at radius 3 is 3.36 bits per heavy atom. The highest BCUT2D eigenvalue weighted by Crippen LogP contribution is 2.23. The van der Waals surface area contributed by atoms with E-state index in [1.807, 2.05) is 0 Å². The molecule has 0 atom stereocenters. The predicted molar refractivity (Wildman–Crippen MR) is 43.3 cm³/mol. The molecule has 1 aliphatic heterocycles. The third kappa shape index (κ3) is 1.05. The lowest BCUT2D eigenvalue weighted by molar-refractivity contribution is 0.0535. The minimum absolute atomic E-state index is 0.0153. The maximum absolute atomic E-state index is 11.4. The molecule has 0 radical (unpaired) electrons. The number of cyclic esters (lactones) is 1. The van der Waals surface area contributed by atoms with E-state index in [4.69, 9.17) is 6.85 Å². The van der Waals surface area contributed by atoms with Gasteiger partial charge in [0.15, 0.2) is 0 Å². The number of ether oxygens (including phenoxy) is 1. The van der Waals surface area contributed by atoms with Crippen molar-refractivity contribution in [2.45, 2.75) is 6.56 Å². The summed E-state index contributed by atoms with van der Waals surface area (Å²) in [6.45, 7) is -2.41. The molecule has 2 rings (SSSR count). The highest BCUT2D eigenvalue weighted by Gasteiger charge is 2.20. The fourth-order valence-electron chi connectivity index (χ4n) is 0.761. The molecule has 0 aliphatic carbocycles. The highest BCUT2D eigenvalue weighted by atomic mass is 79.9. The first-order chi connectivity index (χ1) is 7.27. The molecular formula is C8H5BrO2. The fourth-order valence-corrected chi connectivity index (χ4v) is 1.06. The summed E-state index contributed by atoms with van der Waals surface area (Å²) in [5.41, 5.74) is -0.617. The molecule has 3 heteroatoms. The summed E-state index contributed by atoms with van der Waals surface area (Å²) in [6.07, 6.45) is 0. The van der Waals surface area contributed by atoms with E-state index < -0.39 is 18.6 Å². The molecule has 56 valence electrons. The molecule has 1 aliphatic rings. The molecule has 11 heavy (non-hydrogen) atoms. The third-order valence-electron chi connectivity index (χ3n) is 1.23. The Hall–Kier alpha value is -0.830. The molecule has 1 heterocycles. The van der Waals surface area contributed by atoms with Crippen molar-refractivity contribution in [2.24, 2.45) is 0 Å². The van der Waals surface area contributed by atoms with Gasteiger partial charge in [-0.15, -0.1) is 0 Å². The Labute approximate surface area is 79.3 Å². The number of hydrogen-bond acceptors (Lipinski definition) is 2. The summed E-state index contributed by atoms with van der Waals surface area (Å²) in [5, 5.41) is 0. The lowest BCUT2D eigenvalue weighted by atomic mass is 10.1. The van der Waals surface area contributed by atoms with Gasteiger partial charge in [0.1, 0.15) is 6.56 Å². The molecule has 0 spiro atoms. The Balaban J connectivity index is 2.91. The zero-order valence-corrected chi connectivity index (χ0v) is 6.78. The minimum Gasteiger partial charge on any atom is -0.457 e. The average molecular weight is 218 g/mol. The summed E-state index contributed by atoms with van der Waals surface area (Å²) in [5.74, 6) is -1.00. The fraction of sp³-hybridized carbons (Fsp3) is 0.125. The number of rotatable bonds is 0. The first-order valence-electron chi connectivity index (χ1n) is 5.30. The summed E-state index contributed by atoms with van der Waals surface area (Å²) in [7, 11) is 0. The first kappa shape index (κ1) is 3.27. The van der Waals surface area contributed by atoms with Crippen molar-refractivity contribution in [1.29, 1.82) is 0 Å². The van der Waals surface area contributed by atoms with Crippen molar-refractivity contribution in [3.05, 3.63) is 33.7 Å². The summed E-state index contributed by atoms with van der Waals surface area (Å²) in [4.78, 5) is 11.4. The summed E-state index contributed by atoms with van der Waals surface area (Å²) < 4.78 is 42.0. The van der Waals surface area contributed by atoms with Crippen LogP contribution in [0.2, 0.25) is 0 Å². The molecule has 0 fully saturated rings. The van der Waals surface area contributed by atoms with E-state index in [-0.39, 0.29) is 27.7 Å². The van der Waals surface area contributed by atoms with Crippen LogP contribution in [0.15, 0.2) is 22.6 Å². The molecule has 0 saturated carbocycles. The van der Waals surface area contributed by atoms with Gasteiger partial charge in [-0.3, -0.25) is 0 Å². The zero-order chi connectivity index (χ0) is 12.2. The van der Waals surface area contributed by atoms with E-state index in [1.54, 1.807) is 0 Å².